The number of hydrogen-bond donors (Lipinski definition) is 1. The molecule has 0 atom stereocenters. The smallest absolute Gasteiger partial charge is 0.271 e. The van der Waals surface area contributed by atoms with Crippen molar-refractivity contribution in [1.29, 1.82) is 0 Å². The Bertz CT molecular complexity index is 882. The standard InChI is InChI=1S/C19H21N5O2/c1-13-10-14(2)12-16(11-13)26-9-7-21-19(25)17-4-5-18(23-22-17)24-8-6-20-15(24)3/h4-6,8,10-12H,7,9H2,1-3H3,(H,21,25). The zero-order chi connectivity index (χ0) is 18.5. The topological polar surface area (TPSA) is 81.9 Å². The number of aryl methyl sites for hydroxylation is 3. The van der Waals surface area contributed by atoms with E-state index in [9.17, 15) is 4.79 Å². The lowest BCUT2D eigenvalue weighted by molar-refractivity contribution is 0.0941. The van der Waals surface area contributed by atoms with Gasteiger partial charge >= 0.3 is 0 Å². The SMILES string of the molecule is Cc1cc(C)cc(OCCNC(=O)c2ccc(-n3ccnc3C)nn2)c1. The first kappa shape index (κ1) is 17.6. The Labute approximate surface area is 152 Å². The molecule has 7 nitrogen and oxygen atoms in total. The fourth-order valence-electron chi connectivity index (χ4n) is 2.64. The summed E-state index contributed by atoms with van der Waals surface area (Å²) in [6, 6.07) is 9.40. The van der Waals surface area contributed by atoms with E-state index in [1.807, 2.05) is 32.9 Å². The van der Waals surface area contributed by atoms with Gasteiger partial charge < -0.3 is 10.1 Å². The third-order valence-electron chi connectivity index (χ3n) is 3.81. The zero-order valence-electron chi connectivity index (χ0n) is 15.1. The number of benzene rings is 1. The molecule has 0 bridgehead atoms. The summed E-state index contributed by atoms with van der Waals surface area (Å²) in [5.74, 6) is 1.95. The maximum atomic E-state index is 12.1. The van der Waals surface area contributed by atoms with Gasteiger partial charge in [0.2, 0.25) is 0 Å². The molecule has 3 aromatic rings. The molecule has 0 spiro atoms. The van der Waals surface area contributed by atoms with E-state index < -0.39 is 0 Å². The normalized spacial score (nSPS) is 10.6. The Kier molecular flexibility index (Phi) is 5.26. The minimum Gasteiger partial charge on any atom is -0.492 e. The zero-order valence-corrected chi connectivity index (χ0v) is 15.1. The van der Waals surface area contributed by atoms with E-state index in [1.54, 1.807) is 29.1 Å². The number of hydrogen-bond acceptors (Lipinski definition) is 5. The molecule has 0 saturated carbocycles. The number of aromatic nitrogens is 4. The average Bonchev–Trinajstić information content (AvgIpc) is 3.04. The summed E-state index contributed by atoms with van der Waals surface area (Å²) in [6.45, 7) is 6.69. The van der Waals surface area contributed by atoms with Crippen LogP contribution in [0.2, 0.25) is 0 Å². The van der Waals surface area contributed by atoms with Crippen molar-refractivity contribution >= 4 is 5.91 Å². The number of nitrogens with one attached hydrogen (secondary N) is 1. The van der Waals surface area contributed by atoms with Crippen LogP contribution in [-0.4, -0.2) is 38.8 Å². The molecule has 0 aliphatic carbocycles. The van der Waals surface area contributed by atoms with Crippen molar-refractivity contribution in [3.63, 3.8) is 0 Å². The van der Waals surface area contributed by atoms with E-state index in [4.69, 9.17) is 4.74 Å². The van der Waals surface area contributed by atoms with Crippen molar-refractivity contribution in [2.75, 3.05) is 13.2 Å². The van der Waals surface area contributed by atoms with Crippen LogP contribution in [-0.2, 0) is 0 Å². The third kappa shape index (κ3) is 4.24. The average molecular weight is 351 g/mol. The van der Waals surface area contributed by atoms with E-state index in [2.05, 4.69) is 26.6 Å². The molecule has 3 rings (SSSR count). The lowest BCUT2D eigenvalue weighted by Gasteiger charge is -2.09. The first-order valence-electron chi connectivity index (χ1n) is 8.36. The second-order valence-electron chi connectivity index (χ2n) is 6.05. The number of amides is 1. The lowest BCUT2D eigenvalue weighted by Crippen LogP contribution is -2.29. The summed E-state index contributed by atoms with van der Waals surface area (Å²) in [7, 11) is 0. The quantitative estimate of drug-likeness (QED) is 0.690. The van der Waals surface area contributed by atoms with Crippen LogP contribution >= 0.6 is 0 Å². The van der Waals surface area contributed by atoms with Crippen LogP contribution in [0.3, 0.4) is 0 Å². The van der Waals surface area contributed by atoms with Gasteiger partial charge in [-0.3, -0.25) is 9.36 Å². The monoisotopic (exact) mass is 351 g/mol. The van der Waals surface area contributed by atoms with Crippen LogP contribution < -0.4 is 10.1 Å². The molecular formula is C19H21N5O2. The molecule has 1 N–H and O–H groups in total. The Morgan fingerprint density at radius 1 is 1.12 bits per heavy atom. The van der Waals surface area contributed by atoms with E-state index in [0.717, 1.165) is 22.7 Å². The molecule has 0 radical (unpaired) electrons. The minimum atomic E-state index is -0.282. The summed E-state index contributed by atoms with van der Waals surface area (Å²) in [6.07, 6.45) is 3.48. The minimum absolute atomic E-state index is 0.262. The fourth-order valence-corrected chi connectivity index (χ4v) is 2.64. The maximum Gasteiger partial charge on any atom is 0.271 e. The molecule has 2 heterocycles. The molecule has 0 fully saturated rings. The van der Waals surface area contributed by atoms with E-state index in [0.29, 0.717) is 19.0 Å². The number of imidazole rings is 1. The number of nitrogens with zero attached hydrogens (tertiary/aromatic N) is 4. The van der Waals surface area contributed by atoms with Crippen molar-refractivity contribution in [1.82, 2.24) is 25.1 Å². The molecule has 26 heavy (non-hydrogen) atoms. The predicted molar refractivity (Wildman–Crippen MR) is 97.6 cm³/mol. The highest BCUT2D eigenvalue weighted by atomic mass is 16.5. The molecule has 134 valence electrons. The van der Waals surface area contributed by atoms with Crippen LogP contribution in [0, 0.1) is 20.8 Å². The van der Waals surface area contributed by atoms with Crippen molar-refractivity contribution in [3.05, 3.63) is 65.4 Å². The number of carbonyl (C=O) groups excluding carboxylic acids is 1. The van der Waals surface area contributed by atoms with Gasteiger partial charge in [0.15, 0.2) is 11.5 Å². The van der Waals surface area contributed by atoms with Crippen LogP contribution in [0.15, 0.2) is 42.7 Å². The second-order valence-corrected chi connectivity index (χ2v) is 6.05. The summed E-state index contributed by atoms with van der Waals surface area (Å²) in [5.41, 5.74) is 2.55. The number of rotatable bonds is 6. The van der Waals surface area contributed by atoms with Gasteiger partial charge in [0, 0.05) is 12.4 Å². The molecule has 2 aromatic heterocycles. The van der Waals surface area contributed by atoms with Gasteiger partial charge in [0.1, 0.15) is 18.2 Å². The van der Waals surface area contributed by atoms with Gasteiger partial charge in [0.05, 0.1) is 6.54 Å². The summed E-state index contributed by atoms with van der Waals surface area (Å²) < 4.78 is 7.47. The van der Waals surface area contributed by atoms with Gasteiger partial charge in [-0.1, -0.05) is 6.07 Å². The molecule has 0 unspecified atom stereocenters. The lowest BCUT2D eigenvalue weighted by atomic mass is 10.1. The van der Waals surface area contributed by atoms with Gasteiger partial charge in [-0.2, -0.15) is 0 Å². The largest absolute Gasteiger partial charge is 0.492 e. The van der Waals surface area contributed by atoms with Crippen LogP contribution in [0.1, 0.15) is 27.4 Å². The molecular weight excluding hydrogens is 330 g/mol. The Hall–Kier alpha value is -3.22. The maximum absolute atomic E-state index is 12.1. The van der Waals surface area contributed by atoms with Crippen molar-refractivity contribution in [2.45, 2.75) is 20.8 Å². The van der Waals surface area contributed by atoms with Crippen LogP contribution in [0.5, 0.6) is 5.75 Å². The highest BCUT2D eigenvalue weighted by molar-refractivity contribution is 5.92. The van der Waals surface area contributed by atoms with E-state index in [-0.39, 0.29) is 11.6 Å². The summed E-state index contributed by atoms with van der Waals surface area (Å²) in [4.78, 5) is 16.3. The van der Waals surface area contributed by atoms with Gasteiger partial charge in [-0.15, -0.1) is 10.2 Å². The Morgan fingerprint density at radius 2 is 1.88 bits per heavy atom. The van der Waals surface area contributed by atoms with E-state index in [1.165, 1.54) is 0 Å². The van der Waals surface area contributed by atoms with E-state index >= 15 is 0 Å². The second kappa shape index (κ2) is 7.77. The van der Waals surface area contributed by atoms with Crippen LogP contribution in [0.25, 0.3) is 5.82 Å². The van der Waals surface area contributed by atoms with Crippen molar-refractivity contribution in [2.24, 2.45) is 0 Å². The summed E-state index contributed by atoms with van der Waals surface area (Å²) in [5, 5.41) is 10.8. The molecule has 1 amide bonds. The molecule has 0 aliphatic heterocycles. The Morgan fingerprint density at radius 3 is 2.50 bits per heavy atom. The van der Waals surface area contributed by atoms with Gasteiger partial charge in [-0.05, 0) is 56.2 Å². The number of carbonyl (C=O) groups is 1. The molecule has 0 aliphatic rings. The van der Waals surface area contributed by atoms with Gasteiger partial charge in [0.25, 0.3) is 5.91 Å². The first-order valence-corrected chi connectivity index (χ1v) is 8.36. The summed E-state index contributed by atoms with van der Waals surface area (Å²) >= 11 is 0. The van der Waals surface area contributed by atoms with Gasteiger partial charge in [-0.25, -0.2) is 4.98 Å². The number of ether oxygens (including phenoxy) is 1. The van der Waals surface area contributed by atoms with Crippen molar-refractivity contribution in [3.8, 4) is 11.6 Å². The third-order valence-corrected chi connectivity index (χ3v) is 3.81. The molecule has 0 saturated heterocycles. The molecule has 1 aromatic carbocycles. The Balaban J connectivity index is 1.51. The van der Waals surface area contributed by atoms with Crippen LogP contribution in [0.4, 0.5) is 0 Å². The predicted octanol–water partition coefficient (Wildman–Crippen LogP) is 2.40. The van der Waals surface area contributed by atoms with Crippen molar-refractivity contribution < 1.29 is 9.53 Å². The first-order chi connectivity index (χ1) is 12.5. The fraction of sp³-hybridized carbons (Fsp3) is 0.263. The highest BCUT2D eigenvalue weighted by Crippen LogP contribution is 2.15. The molecule has 7 heteroatoms. The highest BCUT2D eigenvalue weighted by Gasteiger charge is 2.09.